The Morgan fingerprint density at radius 1 is 1.45 bits per heavy atom. The van der Waals surface area contributed by atoms with Gasteiger partial charge in [0.1, 0.15) is 0 Å². The second-order valence-corrected chi connectivity index (χ2v) is 5.49. The van der Waals surface area contributed by atoms with Crippen molar-refractivity contribution in [3.63, 3.8) is 0 Å². The fraction of sp³-hybridized carbons (Fsp3) is 0.333. The summed E-state index contributed by atoms with van der Waals surface area (Å²) in [5, 5.41) is 2.75. The molecule has 22 heavy (non-hydrogen) atoms. The third-order valence-corrected chi connectivity index (χ3v) is 3.67. The average molecular weight is 296 g/mol. The van der Waals surface area contributed by atoms with Crippen molar-refractivity contribution in [3.05, 3.63) is 42.0 Å². The molecule has 0 saturated heterocycles. The van der Waals surface area contributed by atoms with E-state index in [2.05, 4.69) is 23.4 Å². The van der Waals surface area contributed by atoms with Gasteiger partial charge in [-0.3, -0.25) is 9.59 Å². The first-order valence-corrected chi connectivity index (χ1v) is 7.35. The van der Waals surface area contributed by atoms with E-state index in [0.29, 0.717) is 23.6 Å². The molecule has 0 unspecified atom stereocenters. The third-order valence-electron chi connectivity index (χ3n) is 3.67. The van der Waals surface area contributed by atoms with Gasteiger partial charge in [0.15, 0.2) is 0 Å². The Kier molecular flexibility index (Phi) is 5.37. The van der Waals surface area contributed by atoms with Crippen LogP contribution in [-0.2, 0) is 9.59 Å². The van der Waals surface area contributed by atoms with Crippen molar-refractivity contribution in [1.29, 1.82) is 0 Å². The number of amides is 2. The average Bonchev–Trinajstić information content (AvgIpc) is 3.00. The summed E-state index contributed by atoms with van der Waals surface area (Å²) in [6, 6.07) is 7.07. The Morgan fingerprint density at radius 3 is 2.95 bits per heavy atom. The molecular formula is C18H20N2O2. The highest BCUT2D eigenvalue weighted by atomic mass is 16.2. The maximum Gasteiger partial charge on any atom is 0.243 e. The second kappa shape index (κ2) is 7.46. The SMILES string of the molecule is C#Cc1cccc(NC(=O)CN(C)C(=O)C[C@@H]2C=CCC2)c1. The van der Waals surface area contributed by atoms with Gasteiger partial charge in [-0.25, -0.2) is 0 Å². The smallest absolute Gasteiger partial charge is 0.243 e. The molecule has 0 aromatic heterocycles. The van der Waals surface area contributed by atoms with Crippen LogP contribution >= 0.6 is 0 Å². The predicted molar refractivity (Wildman–Crippen MR) is 87.1 cm³/mol. The molecule has 4 nitrogen and oxygen atoms in total. The molecule has 0 fully saturated rings. The van der Waals surface area contributed by atoms with E-state index in [4.69, 9.17) is 6.42 Å². The number of hydrogen-bond acceptors (Lipinski definition) is 2. The lowest BCUT2D eigenvalue weighted by Crippen LogP contribution is -2.35. The van der Waals surface area contributed by atoms with Gasteiger partial charge < -0.3 is 10.2 Å². The number of allylic oxidation sites excluding steroid dienone is 2. The van der Waals surface area contributed by atoms with Gasteiger partial charge in [-0.05, 0) is 37.0 Å². The molecule has 0 bridgehead atoms. The topological polar surface area (TPSA) is 49.4 Å². The standard InChI is InChI=1S/C18H20N2O2/c1-3-14-9-6-10-16(11-14)19-17(21)13-20(2)18(22)12-15-7-4-5-8-15/h1,4,6-7,9-11,15H,5,8,12-13H2,2H3,(H,19,21)/t15-/m1/s1. The van der Waals surface area contributed by atoms with Crippen LogP contribution in [0.4, 0.5) is 5.69 Å². The van der Waals surface area contributed by atoms with E-state index >= 15 is 0 Å². The molecule has 4 heteroatoms. The lowest BCUT2D eigenvalue weighted by molar-refractivity contribution is -0.133. The fourth-order valence-electron chi connectivity index (χ4n) is 2.44. The number of rotatable bonds is 5. The number of anilines is 1. The molecule has 114 valence electrons. The van der Waals surface area contributed by atoms with Crippen LogP contribution in [0.1, 0.15) is 24.8 Å². The summed E-state index contributed by atoms with van der Waals surface area (Å²) in [5.41, 5.74) is 1.34. The Labute approximate surface area is 131 Å². The van der Waals surface area contributed by atoms with Gasteiger partial charge in [-0.2, -0.15) is 0 Å². The highest BCUT2D eigenvalue weighted by Crippen LogP contribution is 2.21. The van der Waals surface area contributed by atoms with Gasteiger partial charge in [0.2, 0.25) is 11.8 Å². The normalized spacial score (nSPS) is 16.1. The third kappa shape index (κ3) is 4.49. The van der Waals surface area contributed by atoms with E-state index in [1.54, 1.807) is 31.3 Å². The van der Waals surface area contributed by atoms with Crippen LogP contribution < -0.4 is 5.32 Å². The van der Waals surface area contributed by atoms with Gasteiger partial charge in [-0.15, -0.1) is 6.42 Å². The van der Waals surface area contributed by atoms with Gasteiger partial charge in [0.25, 0.3) is 0 Å². The van der Waals surface area contributed by atoms with Crippen LogP contribution in [-0.4, -0.2) is 30.3 Å². The lowest BCUT2D eigenvalue weighted by Gasteiger charge is -2.18. The number of benzene rings is 1. The maximum absolute atomic E-state index is 12.1. The first-order chi connectivity index (χ1) is 10.6. The van der Waals surface area contributed by atoms with E-state index in [9.17, 15) is 9.59 Å². The molecule has 1 aromatic carbocycles. The summed E-state index contributed by atoms with van der Waals surface area (Å²) in [6.45, 7) is 0.0373. The number of nitrogens with zero attached hydrogens (tertiary/aromatic N) is 1. The molecule has 0 aliphatic heterocycles. The molecule has 1 aliphatic carbocycles. The van der Waals surface area contributed by atoms with Crippen molar-refractivity contribution in [2.45, 2.75) is 19.3 Å². The quantitative estimate of drug-likeness (QED) is 0.670. The summed E-state index contributed by atoms with van der Waals surface area (Å²) in [5.74, 6) is 2.59. The van der Waals surface area contributed by atoms with Crippen LogP contribution in [0.25, 0.3) is 0 Å². The zero-order valence-corrected chi connectivity index (χ0v) is 12.7. The first-order valence-electron chi connectivity index (χ1n) is 7.35. The van der Waals surface area contributed by atoms with Gasteiger partial charge in [0.05, 0.1) is 6.54 Å². The van der Waals surface area contributed by atoms with Crippen molar-refractivity contribution >= 4 is 17.5 Å². The molecule has 2 rings (SSSR count). The summed E-state index contributed by atoms with van der Waals surface area (Å²) in [6.07, 6.45) is 12.0. The zero-order chi connectivity index (χ0) is 15.9. The van der Waals surface area contributed by atoms with Crippen LogP contribution in [0.15, 0.2) is 36.4 Å². The molecule has 2 amide bonds. The predicted octanol–water partition coefficient (Wildman–Crippen LogP) is 2.42. The molecule has 1 aliphatic rings. The molecule has 0 heterocycles. The number of terminal acetylenes is 1. The van der Waals surface area contributed by atoms with E-state index in [1.165, 1.54) is 4.90 Å². The minimum atomic E-state index is -0.230. The minimum absolute atomic E-state index is 0.0101. The second-order valence-electron chi connectivity index (χ2n) is 5.49. The van der Waals surface area contributed by atoms with E-state index in [-0.39, 0.29) is 18.4 Å². The number of nitrogens with one attached hydrogen (secondary N) is 1. The zero-order valence-electron chi connectivity index (χ0n) is 12.7. The molecule has 0 saturated carbocycles. The first kappa shape index (κ1) is 15.8. The summed E-state index contributed by atoms with van der Waals surface area (Å²) in [7, 11) is 1.65. The van der Waals surface area contributed by atoms with Crippen molar-refractivity contribution in [1.82, 2.24) is 4.90 Å². The Bertz CT molecular complexity index is 628. The van der Waals surface area contributed by atoms with Crippen LogP contribution in [0, 0.1) is 18.3 Å². The maximum atomic E-state index is 12.1. The van der Waals surface area contributed by atoms with Gasteiger partial charge >= 0.3 is 0 Å². The van der Waals surface area contributed by atoms with Crippen LogP contribution in [0.2, 0.25) is 0 Å². The Hall–Kier alpha value is -2.54. The Morgan fingerprint density at radius 2 is 2.27 bits per heavy atom. The van der Waals surface area contributed by atoms with Crippen molar-refractivity contribution in [2.75, 3.05) is 18.9 Å². The van der Waals surface area contributed by atoms with E-state index in [1.807, 2.05) is 0 Å². The summed E-state index contributed by atoms with van der Waals surface area (Å²) < 4.78 is 0. The lowest BCUT2D eigenvalue weighted by atomic mass is 10.0. The summed E-state index contributed by atoms with van der Waals surface area (Å²) in [4.78, 5) is 25.5. The molecule has 1 aromatic rings. The van der Waals surface area contributed by atoms with Crippen LogP contribution in [0.3, 0.4) is 0 Å². The van der Waals surface area contributed by atoms with E-state index < -0.39 is 0 Å². The largest absolute Gasteiger partial charge is 0.336 e. The van der Waals surface area contributed by atoms with Crippen molar-refractivity contribution < 1.29 is 9.59 Å². The van der Waals surface area contributed by atoms with E-state index in [0.717, 1.165) is 12.8 Å². The van der Waals surface area contributed by atoms with Crippen molar-refractivity contribution in [3.8, 4) is 12.3 Å². The molecule has 1 N–H and O–H groups in total. The van der Waals surface area contributed by atoms with Gasteiger partial charge in [-0.1, -0.05) is 24.1 Å². The van der Waals surface area contributed by atoms with Crippen LogP contribution in [0.5, 0.6) is 0 Å². The molecule has 0 spiro atoms. The highest BCUT2D eigenvalue weighted by Gasteiger charge is 2.18. The number of carbonyl (C=O) groups excluding carboxylic acids is 2. The number of carbonyl (C=O) groups is 2. The minimum Gasteiger partial charge on any atom is -0.336 e. The fourth-order valence-corrected chi connectivity index (χ4v) is 2.44. The summed E-state index contributed by atoms with van der Waals surface area (Å²) >= 11 is 0. The Balaban J connectivity index is 1.83. The molecule has 0 radical (unpaired) electrons. The highest BCUT2D eigenvalue weighted by molar-refractivity contribution is 5.94. The number of likely N-dealkylation sites (N-methyl/N-ethyl adjacent to an activating group) is 1. The molecule has 1 atom stereocenters. The van der Waals surface area contributed by atoms with Crippen molar-refractivity contribution in [2.24, 2.45) is 5.92 Å². The monoisotopic (exact) mass is 296 g/mol. The van der Waals surface area contributed by atoms with Gasteiger partial charge in [0, 0.05) is 24.7 Å². The molecular weight excluding hydrogens is 276 g/mol. The number of hydrogen-bond donors (Lipinski definition) is 1.